The Morgan fingerprint density at radius 3 is 2.56 bits per heavy atom. The molecule has 1 heterocycles. The summed E-state index contributed by atoms with van der Waals surface area (Å²) < 4.78 is 32.1. The molecule has 0 aliphatic heterocycles. The normalized spacial score (nSPS) is 10.6. The molecular formula is C20H20F2N4O. The first-order valence-corrected chi connectivity index (χ1v) is 8.55. The quantitative estimate of drug-likeness (QED) is 0.567. The lowest BCUT2D eigenvalue weighted by Gasteiger charge is -2.12. The summed E-state index contributed by atoms with van der Waals surface area (Å²) in [6, 6.07) is 14.7. The van der Waals surface area contributed by atoms with Crippen LogP contribution in [0.5, 0.6) is 0 Å². The molecule has 7 heteroatoms. The molecule has 0 amide bonds. The molecule has 0 saturated carbocycles. The predicted molar refractivity (Wildman–Crippen MR) is 102 cm³/mol. The van der Waals surface area contributed by atoms with Crippen LogP contribution in [0, 0.1) is 11.6 Å². The second-order valence-electron chi connectivity index (χ2n) is 5.85. The predicted octanol–water partition coefficient (Wildman–Crippen LogP) is 4.61. The first kappa shape index (κ1) is 18.7. The van der Waals surface area contributed by atoms with Crippen molar-refractivity contribution in [3.63, 3.8) is 0 Å². The maximum Gasteiger partial charge on any atom is 0.225 e. The molecule has 0 spiro atoms. The van der Waals surface area contributed by atoms with E-state index in [2.05, 4.69) is 20.6 Å². The van der Waals surface area contributed by atoms with Crippen LogP contribution in [0.3, 0.4) is 0 Å². The monoisotopic (exact) mass is 370 g/mol. The summed E-state index contributed by atoms with van der Waals surface area (Å²) in [5.74, 6) is -0.503. The lowest BCUT2D eigenvalue weighted by Crippen LogP contribution is -2.09. The molecule has 3 aromatic rings. The number of ether oxygens (including phenoxy) is 1. The molecule has 0 atom stereocenters. The summed E-state index contributed by atoms with van der Waals surface area (Å²) in [6.45, 7) is 1.26. The van der Waals surface area contributed by atoms with E-state index < -0.39 is 11.6 Å². The van der Waals surface area contributed by atoms with E-state index in [4.69, 9.17) is 4.74 Å². The minimum Gasteiger partial charge on any atom is -0.385 e. The number of benzene rings is 2. The molecule has 0 saturated heterocycles. The fraction of sp³-hybridized carbons (Fsp3) is 0.200. The number of nitrogens with zero attached hydrogens (tertiary/aromatic N) is 2. The maximum atomic E-state index is 14.0. The second kappa shape index (κ2) is 9.05. The topological polar surface area (TPSA) is 59.1 Å². The molecule has 0 aliphatic carbocycles. The largest absolute Gasteiger partial charge is 0.385 e. The SMILES string of the molecule is COCCCNc1nc(Nc2ccc(F)cc2F)cc(-c2ccccc2)n1. The molecule has 0 radical (unpaired) electrons. The van der Waals surface area contributed by atoms with Gasteiger partial charge in [0.05, 0.1) is 11.4 Å². The van der Waals surface area contributed by atoms with Crippen LogP contribution in [0.1, 0.15) is 6.42 Å². The fourth-order valence-corrected chi connectivity index (χ4v) is 2.49. The zero-order valence-corrected chi connectivity index (χ0v) is 14.9. The third-order valence-electron chi connectivity index (χ3n) is 3.80. The summed E-state index contributed by atoms with van der Waals surface area (Å²) in [7, 11) is 1.64. The summed E-state index contributed by atoms with van der Waals surface area (Å²) in [5, 5.41) is 6.04. The van der Waals surface area contributed by atoms with Gasteiger partial charge >= 0.3 is 0 Å². The van der Waals surface area contributed by atoms with Gasteiger partial charge in [-0.25, -0.2) is 13.8 Å². The second-order valence-corrected chi connectivity index (χ2v) is 5.85. The van der Waals surface area contributed by atoms with Crippen LogP contribution in [0.4, 0.5) is 26.2 Å². The van der Waals surface area contributed by atoms with E-state index in [1.807, 2.05) is 30.3 Å². The summed E-state index contributed by atoms with van der Waals surface area (Å²) >= 11 is 0. The van der Waals surface area contributed by atoms with Crippen molar-refractivity contribution in [2.45, 2.75) is 6.42 Å². The minimum absolute atomic E-state index is 0.138. The molecule has 1 aromatic heterocycles. The summed E-state index contributed by atoms with van der Waals surface area (Å²) in [5.41, 5.74) is 1.73. The highest BCUT2D eigenvalue weighted by Crippen LogP contribution is 2.25. The molecule has 0 aliphatic rings. The Labute approximate surface area is 156 Å². The summed E-state index contributed by atoms with van der Waals surface area (Å²) in [6.07, 6.45) is 0.796. The Hall–Kier alpha value is -3.06. The van der Waals surface area contributed by atoms with Crippen molar-refractivity contribution in [2.75, 3.05) is 30.9 Å². The molecule has 0 unspecified atom stereocenters. The van der Waals surface area contributed by atoms with E-state index in [1.165, 1.54) is 12.1 Å². The number of nitrogens with one attached hydrogen (secondary N) is 2. The van der Waals surface area contributed by atoms with E-state index in [-0.39, 0.29) is 5.69 Å². The number of hydrogen-bond donors (Lipinski definition) is 2. The van der Waals surface area contributed by atoms with Gasteiger partial charge in [-0.15, -0.1) is 0 Å². The molecular weight excluding hydrogens is 350 g/mol. The van der Waals surface area contributed by atoms with Gasteiger partial charge in [0.15, 0.2) is 0 Å². The average Bonchev–Trinajstić information content (AvgIpc) is 2.68. The van der Waals surface area contributed by atoms with E-state index in [0.29, 0.717) is 30.6 Å². The maximum absolute atomic E-state index is 14.0. The average molecular weight is 370 g/mol. The Kier molecular flexibility index (Phi) is 6.27. The number of aromatic nitrogens is 2. The Balaban J connectivity index is 1.89. The number of hydrogen-bond acceptors (Lipinski definition) is 5. The van der Waals surface area contributed by atoms with E-state index in [9.17, 15) is 8.78 Å². The number of halogens is 2. The summed E-state index contributed by atoms with van der Waals surface area (Å²) in [4.78, 5) is 8.90. The van der Waals surface area contributed by atoms with Crippen molar-refractivity contribution in [1.29, 1.82) is 0 Å². The minimum atomic E-state index is -0.690. The van der Waals surface area contributed by atoms with Gasteiger partial charge in [-0.2, -0.15) is 4.98 Å². The van der Waals surface area contributed by atoms with Gasteiger partial charge in [-0.1, -0.05) is 30.3 Å². The lowest BCUT2D eigenvalue weighted by molar-refractivity contribution is 0.197. The van der Waals surface area contributed by atoms with Crippen LogP contribution in [-0.4, -0.2) is 30.2 Å². The first-order chi connectivity index (χ1) is 13.2. The molecule has 5 nitrogen and oxygen atoms in total. The van der Waals surface area contributed by atoms with Crippen molar-refractivity contribution < 1.29 is 13.5 Å². The first-order valence-electron chi connectivity index (χ1n) is 8.55. The zero-order valence-electron chi connectivity index (χ0n) is 14.9. The molecule has 0 fully saturated rings. The highest BCUT2D eigenvalue weighted by molar-refractivity contribution is 5.67. The van der Waals surface area contributed by atoms with Crippen LogP contribution in [0.15, 0.2) is 54.6 Å². The van der Waals surface area contributed by atoms with E-state index >= 15 is 0 Å². The molecule has 2 aromatic carbocycles. The van der Waals surface area contributed by atoms with Gasteiger partial charge in [-0.05, 0) is 18.6 Å². The number of methoxy groups -OCH3 is 1. The van der Waals surface area contributed by atoms with Crippen LogP contribution in [0.25, 0.3) is 11.3 Å². The highest BCUT2D eigenvalue weighted by Gasteiger charge is 2.09. The van der Waals surface area contributed by atoms with Gasteiger partial charge < -0.3 is 15.4 Å². The molecule has 140 valence electrons. The van der Waals surface area contributed by atoms with Gasteiger partial charge in [0, 0.05) is 38.0 Å². The van der Waals surface area contributed by atoms with Gasteiger partial charge in [0.1, 0.15) is 17.5 Å². The van der Waals surface area contributed by atoms with Gasteiger partial charge in [0.2, 0.25) is 5.95 Å². The third kappa shape index (κ3) is 5.21. The number of rotatable bonds is 8. The highest BCUT2D eigenvalue weighted by atomic mass is 19.1. The van der Waals surface area contributed by atoms with Crippen molar-refractivity contribution in [3.8, 4) is 11.3 Å². The van der Waals surface area contributed by atoms with E-state index in [1.54, 1.807) is 13.2 Å². The molecule has 2 N–H and O–H groups in total. The zero-order chi connectivity index (χ0) is 19.1. The van der Waals surface area contributed by atoms with Crippen molar-refractivity contribution in [2.24, 2.45) is 0 Å². The third-order valence-corrected chi connectivity index (χ3v) is 3.80. The van der Waals surface area contributed by atoms with Crippen molar-refractivity contribution in [3.05, 3.63) is 66.2 Å². The molecule has 0 bridgehead atoms. The van der Waals surface area contributed by atoms with Crippen LogP contribution in [0.2, 0.25) is 0 Å². The van der Waals surface area contributed by atoms with Crippen molar-refractivity contribution in [1.82, 2.24) is 9.97 Å². The van der Waals surface area contributed by atoms with Gasteiger partial charge in [0.25, 0.3) is 0 Å². The van der Waals surface area contributed by atoms with Crippen LogP contribution in [-0.2, 0) is 4.74 Å². The van der Waals surface area contributed by atoms with Crippen LogP contribution < -0.4 is 10.6 Å². The van der Waals surface area contributed by atoms with E-state index in [0.717, 1.165) is 18.1 Å². The Morgan fingerprint density at radius 2 is 1.81 bits per heavy atom. The van der Waals surface area contributed by atoms with Crippen molar-refractivity contribution >= 4 is 17.5 Å². The number of anilines is 3. The lowest BCUT2D eigenvalue weighted by atomic mass is 10.1. The Bertz CT molecular complexity index is 890. The standard InChI is InChI=1S/C20H20F2N4O/c1-27-11-5-10-23-20-25-18(14-6-3-2-4-7-14)13-19(26-20)24-17-9-8-15(21)12-16(17)22/h2-4,6-9,12-13H,5,10-11H2,1H3,(H2,23,24,25,26). The smallest absolute Gasteiger partial charge is 0.225 e. The molecule has 3 rings (SSSR count). The van der Waals surface area contributed by atoms with Gasteiger partial charge in [-0.3, -0.25) is 0 Å². The molecule has 27 heavy (non-hydrogen) atoms. The van der Waals surface area contributed by atoms with Crippen LogP contribution >= 0.6 is 0 Å². The fourth-order valence-electron chi connectivity index (χ4n) is 2.49. The Morgan fingerprint density at radius 1 is 1.00 bits per heavy atom.